The van der Waals surface area contributed by atoms with Gasteiger partial charge in [-0.25, -0.2) is 4.98 Å². The van der Waals surface area contributed by atoms with Crippen molar-refractivity contribution in [2.75, 3.05) is 11.4 Å². The lowest BCUT2D eigenvalue weighted by Crippen LogP contribution is -2.38. The lowest BCUT2D eigenvalue weighted by Gasteiger charge is -2.36. The highest BCUT2D eigenvalue weighted by Crippen LogP contribution is 2.48. The van der Waals surface area contributed by atoms with Crippen molar-refractivity contribution in [3.8, 4) is 6.07 Å². The molecule has 1 saturated heterocycles. The topological polar surface area (TPSA) is 87.0 Å². The average molecular weight is 388 g/mol. The van der Waals surface area contributed by atoms with E-state index in [-0.39, 0.29) is 23.0 Å². The fourth-order valence-corrected chi connectivity index (χ4v) is 4.86. The number of ketones is 1. The van der Waals surface area contributed by atoms with Gasteiger partial charge in [-0.2, -0.15) is 5.26 Å². The van der Waals surface area contributed by atoms with E-state index >= 15 is 0 Å². The molecule has 2 heterocycles. The first-order chi connectivity index (χ1) is 14.0. The summed E-state index contributed by atoms with van der Waals surface area (Å²) in [6, 6.07) is 9.36. The van der Waals surface area contributed by atoms with Crippen molar-refractivity contribution in [1.82, 2.24) is 9.97 Å². The van der Waals surface area contributed by atoms with Gasteiger partial charge in [0.15, 0.2) is 5.78 Å². The summed E-state index contributed by atoms with van der Waals surface area (Å²) in [7, 11) is 0. The van der Waals surface area contributed by atoms with Crippen LogP contribution in [0.4, 0.5) is 5.69 Å². The first-order valence-corrected chi connectivity index (χ1v) is 10.1. The maximum Gasteiger partial charge on any atom is 0.233 e. The number of aryl methyl sites for hydroxylation is 1. The molecular formula is C23H24N4O2. The van der Waals surface area contributed by atoms with Crippen molar-refractivity contribution >= 4 is 17.4 Å². The van der Waals surface area contributed by atoms with E-state index in [0.717, 1.165) is 43.5 Å². The van der Waals surface area contributed by atoms with Gasteiger partial charge in [0, 0.05) is 24.8 Å². The number of hydrogen-bond donors (Lipinski definition) is 0. The van der Waals surface area contributed by atoms with Crippen LogP contribution in [-0.2, 0) is 4.79 Å². The van der Waals surface area contributed by atoms with Gasteiger partial charge in [-0.3, -0.25) is 14.6 Å². The second kappa shape index (κ2) is 7.75. The highest BCUT2D eigenvalue weighted by Gasteiger charge is 2.49. The summed E-state index contributed by atoms with van der Waals surface area (Å²) in [4.78, 5) is 36.2. The number of amides is 1. The number of Topliss-reactive ketones (excluding diaryl/α,β-unsaturated/α-hetero) is 1. The van der Waals surface area contributed by atoms with E-state index in [4.69, 9.17) is 5.26 Å². The predicted molar refractivity (Wildman–Crippen MR) is 108 cm³/mol. The van der Waals surface area contributed by atoms with E-state index in [1.54, 1.807) is 18.3 Å². The summed E-state index contributed by atoms with van der Waals surface area (Å²) in [5.74, 6) is 0.334. The summed E-state index contributed by atoms with van der Waals surface area (Å²) in [5, 5.41) is 9.15. The van der Waals surface area contributed by atoms with Crippen LogP contribution in [-0.4, -0.2) is 28.2 Å². The van der Waals surface area contributed by atoms with Gasteiger partial charge in [-0.05, 0) is 56.7 Å². The van der Waals surface area contributed by atoms with Gasteiger partial charge in [0.25, 0.3) is 0 Å². The Morgan fingerprint density at radius 3 is 3.00 bits per heavy atom. The fraction of sp³-hybridized carbons (Fsp3) is 0.435. The molecule has 0 unspecified atom stereocenters. The van der Waals surface area contributed by atoms with Gasteiger partial charge in [0.1, 0.15) is 5.69 Å². The molecule has 0 bridgehead atoms. The first-order valence-electron chi connectivity index (χ1n) is 10.1. The lowest BCUT2D eigenvalue weighted by molar-refractivity contribution is -0.128. The largest absolute Gasteiger partial charge is 0.312 e. The number of benzene rings is 1. The molecule has 1 saturated carbocycles. The molecule has 2 fully saturated rings. The SMILES string of the molecule is Cc1cncc(C(=O)C[C@H]2CCC[C@]3(CCN(c4cccc(C#N)c4)C3=O)C2)n1. The Bertz CT molecular complexity index is 996. The number of carbonyl (C=O) groups is 2. The summed E-state index contributed by atoms with van der Waals surface area (Å²) >= 11 is 0. The molecule has 1 aromatic carbocycles. The number of nitriles is 1. The molecule has 6 nitrogen and oxygen atoms in total. The predicted octanol–water partition coefficient (Wildman–Crippen LogP) is 3.84. The summed E-state index contributed by atoms with van der Waals surface area (Å²) in [5.41, 5.74) is 2.11. The van der Waals surface area contributed by atoms with Crippen LogP contribution in [0, 0.1) is 29.6 Å². The van der Waals surface area contributed by atoms with Gasteiger partial charge in [-0.1, -0.05) is 12.5 Å². The Hall–Kier alpha value is -3.07. The molecule has 1 aromatic heterocycles. The van der Waals surface area contributed by atoms with Gasteiger partial charge in [-0.15, -0.1) is 0 Å². The van der Waals surface area contributed by atoms with Gasteiger partial charge in [0.2, 0.25) is 5.91 Å². The third-order valence-electron chi connectivity index (χ3n) is 6.26. The molecule has 2 atom stereocenters. The molecule has 0 radical (unpaired) electrons. The molecule has 1 aliphatic heterocycles. The quantitative estimate of drug-likeness (QED) is 0.743. The number of carbonyl (C=O) groups excluding carboxylic acids is 2. The first kappa shape index (κ1) is 19.3. The summed E-state index contributed by atoms with van der Waals surface area (Å²) in [6.45, 7) is 2.49. The van der Waals surface area contributed by atoms with E-state index in [2.05, 4.69) is 16.0 Å². The maximum atomic E-state index is 13.4. The number of nitrogens with zero attached hydrogens (tertiary/aromatic N) is 4. The molecule has 1 spiro atoms. The van der Waals surface area contributed by atoms with E-state index in [9.17, 15) is 9.59 Å². The number of aromatic nitrogens is 2. The average Bonchev–Trinajstić information content (AvgIpc) is 3.03. The molecule has 29 heavy (non-hydrogen) atoms. The van der Waals surface area contributed by atoms with Crippen molar-refractivity contribution in [2.24, 2.45) is 11.3 Å². The minimum absolute atomic E-state index is 0.00673. The van der Waals surface area contributed by atoms with Crippen LogP contribution < -0.4 is 4.90 Å². The highest BCUT2D eigenvalue weighted by molar-refractivity contribution is 6.00. The van der Waals surface area contributed by atoms with Crippen molar-refractivity contribution < 1.29 is 9.59 Å². The van der Waals surface area contributed by atoms with Crippen molar-refractivity contribution in [1.29, 1.82) is 5.26 Å². The number of anilines is 1. The Morgan fingerprint density at radius 1 is 1.34 bits per heavy atom. The molecule has 6 heteroatoms. The van der Waals surface area contributed by atoms with Crippen molar-refractivity contribution in [3.05, 3.63) is 53.6 Å². The van der Waals surface area contributed by atoms with Gasteiger partial charge >= 0.3 is 0 Å². The highest BCUT2D eigenvalue weighted by atomic mass is 16.2. The van der Waals surface area contributed by atoms with Crippen LogP contribution in [0.2, 0.25) is 0 Å². The Labute approximate surface area is 170 Å². The Morgan fingerprint density at radius 2 is 2.21 bits per heavy atom. The van der Waals surface area contributed by atoms with Gasteiger partial charge in [0.05, 0.1) is 28.9 Å². The zero-order valence-electron chi connectivity index (χ0n) is 16.6. The smallest absolute Gasteiger partial charge is 0.233 e. The van der Waals surface area contributed by atoms with Crippen LogP contribution in [0.3, 0.4) is 0 Å². The molecule has 2 aromatic rings. The molecule has 0 N–H and O–H groups in total. The second-order valence-corrected chi connectivity index (χ2v) is 8.28. The minimum atomic E-state index is -0.385. The standard InChI is InChI=1S/C23H24N4O2/c1-16-14-25-15-20(26-16)21(28)11-17-5-3-7-23(12-17)8-9-27(22(23)29)19-6-2-4-18(10-19)13-24/h2,4,6,10,14-15,17H,3,5,7-9,11-12H2,1H3/t17-,23+/m1/s1. The monoisotopic (exact) mass is 388 g/mol. The molecule has 4 rings (SSSR count). The van der Waals surface area contributed by atoms with Gasteiger partial charge < -0.3 is 4.90 Å². The fourth-order valence-electron chi connectivity index (χ4n) is 4.86. The third-order valence-corrected chi connectivity index (χ3v) is 6.26. The molecular weight excluding hydrogens is 364 g/mol. The maximum absolute atomic E-state index is 13.4. The summed E-state index contributed by atoms with van der Waals surface area (Å²) in [6.07, 6.45) is 7.91. The molecule has 1 amide bonds. The van der Waals surface area contributed by atoms with Crippen LogP contribution in [0.5, 0.6) is 0 Å². The summed E-state index contributed by atoms with van der Waals surface area (Å²) < 4.78 is 0. The number of hydrogen-bond acceptors (Lipinski definition) is 5. The normalized spacial score (nSPS) is 23.9. The molecule has 1 aliphatic carbocycles. The zero-order chi connectivity index (χ0) is 20.4. The Balaban J connectivity index is 1.48. The third kappa shape index (κ3) is 3.77. The zero-order valence-corrected chi connectivity index (χ0v) is 16.6. The van der Waals surface area contributed by atoms with Crippen LogP contribution >= 0.6 is 0 Å². The van der Waals surface area contributed by atoms with Crippen molar-refractivity contribution in [3.63, 3.8) is 0 Å². The van der Waals surface area contributed by atoms with Crippen LogP contribution in [0.25, 0.3) is 0 Å². The minimum Gasteiger partial charge on any atom is -0.312 e. The van der Waals surface area contributed by atoms with E-state index in [0.29, 0.717) is 24.2 Å². The second-order valence-electron chi connectivity index (χ2n) is 8.28. The van der Waals surface area contributed by atoms with Crippen molar-refractivity contribution in [2.45, 2.75) is 45.4 Å². The van der Waals surface area contributed by atoms with Crippen LogP contribution in [0.15, 0.2) is 36.7 Å². The molecule has 2 aliphatic rings. The molecule has 148 valence electrons. The van der Waals surface area contributed by atoms with Crippen LogP contribution in [0.1, 0.15) is 60.3 Å². The Kier molecular flexibility index (Phi) is 5.14. The lowest BCUT2D eigenvalue weighted by atomic mass is 9.67. The van der Waals surface area contributed by atoms with E-state index in [1.807, 2.05) is 24.0 Å². The van der Waals surface area contributed by atoms with E-state index in [1.165, 1.54) is 6.20 Å². The number of rotatable bonds is 4. The van der Waals surface area contributed by atoms with E-state index < -0.39 is 0 Å².